The van der Waals surface area contributed by atoms with Crippen LogP contribution in [0.5, 0.6) is 0 Å². The van der Waals surface area contributed by atoms with Gasteiger partial charge in [0.25, 0.3) is 0 Å². The first-order valence-electron chi connectivity index (χ1n) is 9.49. The third-order valence-electron chi connectivity index (χ3n) is 4.92. The number of hydrogen-bond acceptors (Lipinski definition) is 4. The van der Waals surface area contributed by atoms with Crippen LogP contribution >= 0.6 is 35.0 Å². The lowest BCUT2D eigenvalue weighted by Crippen LogP contribution is -2.22. The summed E-state index contributed by atoms with van der Waals surface area (Å²) >= 11 is 13.5. The van der Waals surface area contributed by atoms with Crippen LogP contribution in [0.15, 0.2) is 46.4 Å². The van der Waals surface area contributed by atoms with E-state index in [1.54, 1.807) is 18.2 Å². The first-order valence-corrected chi connectivity index (χ1v) is 11.2. The molecule has 166 valence electrons. The van der Waals surface area contributed by atoms with E-state index in [4.69, 9.17) is 28.0 Å². The van der Waals surface area contributed by atoms with Crippen molar-refractivity contribution in [3.63, 3.8) is 0 Å². The second kappa shape index (κ2) is 9.43. The van der Waals surface area contributed by atoms with Gasteiger partial charge in [0.1, 0.15) is 5.78 Å². The molecule has 0 N–H and O–H groups in total. The smallest absolute Gasteiger partial charge is 0.384 e. The number of Topliss-reactive ketones (excluding diaryl/α,β-unsaturated/α-hetero) is 1. The Hall–Kier alpha value is -1.70. The predicted molar refractivity (Wildman–Crippen MR) is 118 cm³/mol. The number of nitrogens with zero attached hydrogens (tertiary/aromatic N) is 1. The molecule has 0 aliphatic carbocycles. The van der Waals surface area contributed by atoms with Crippen LogP contribution in [0, 0.1) is 6.92 Å². The molecule has 0 fully saturated rings. The quantitative estimate of drug-likeness (QED) is 0.381. The summed E-state index contributed by atoms with van der Waals surface area (Å²) in [5, 5.41) is 5.28. The minimum absolute atomic E-state index is 0.00786. The highest BCUT2D eigenvalue weighted by atomic mass is 35.5. The molecule has 2 aromatic rings. The molecule has 0 spiro atoms. The van der Waals surface area contributed by atoms with E-state index in [1.807, 2.05) is 32.0 Å². The molecule has 9 heteroatoms. The van der Waals surface area contributed by atoms with Crippen LogP contribution < -0.4 is 0 Å². The van der Waals surface area contributed by atoms with Crippen LogP contribution in [0.3, 0.4) is 0 Å². The molecular formula is C22H20Cl2F3NO2S. The third kappa shape index (κ3) is 6.40. The van der Waals surface area contributed by atoms with Crippen LogP contribution in [-0.4, -0.2) is 23.4 Å². The molecule has 0 amide bonds. The van der Waals surface area contributed by atoms with Gasteiger partial charge in [-0.25, -0.2) is 0 Å². The average molecular weight is 490 g/mol. The molecule has 3 rings (SSSR count). The normalized spacial score (nSPS) is 18.6. The molecule has 3 nitrogen and oxygen atoms in total. The van der Waals surface area contributed by atoms with Gasteiger partial charge < -0.3 is 4.84 Å². The van der Waals surface area contributed by atoms with Gasteiger partial charge in [-0.2, -0.15) is 13.2 Å². The number of carbonyl (C=O) groups excluding carboxylic acids is 1. The highest BCUT2D eigenvalue weighted by Crippen LogP contribution is 2.38. The van der Waals surface area contributed by atoms with E-state index in [9.17, 15) is 18.0 Å². The topological polar surface area (TPSA) is 38.7 Å². The Morgan fingerprint density at radius 1 is 1.19 bits per heavy atom. The van der Waals surface area contributed by atoms with Crippen molar-refractivity contribution in [1.29, 1.82) is 0 Å². The van der Waals surface area contributed by atoms with E-state index in [1.165, 1.54) is 11.8 Å². The SMILES string of the molecule is Cc1cc(C2=NOC(C)(c3cc(Cl)cc(Cl)c3)C2)ccc1SCC(=O)CCC(F)(F)F. The predicted octanol–water partition coefficient (Wildman–Crippen LogP) is 7.35. The van der Waals surface area contributed by atoms with Crippen LogP contribution in [0.2, 0.25) is 10.0 Å². The number of thioether (sulfide) groups is 1. The summed E-state index contributed by atoms with van der Waals surface area (Å²) in [6.07, 6.45) is -5.37. The number of halogens is 5. The van der Waals surface area contributed by atoms with E-state index < -0.39 is 30.4 Å². The number of alkyl halides is 3. The maximum Gasteiger partial charge on any atom is 0.389 e. The van der Waals surface area contributed by atoms with Crippen LogP contribution in [0.4, 0.5) is 13.2 Å². The molecule has 1 heterocycles. The average Bonchev–Trinajstić information content (AvgIpc) is 3.07. The summed E-state index contributed by atoms with van der Waals surface area (Å²) in [4.78, 5) is 18.3. The Morgan fingerprint density at radius 2 is 1.87 bits per heavy atom. The zero-order chi connectivity index (χ0) is 22.8. The molecule has 1 atom stereocenters. The fraction of sp³-hybridized carbons (Fsp3) is 0.364. The number of carbonyl (C=O) groups is 1. The lowest BCUT2D eigenvalue weighted by Gasteiger charge is -2.22. The van der Waals surface area contributed by atoms with Crippen molar-refractivity contribution in [2.24, 2.45) is 5.16 Å². The lowest BCUT2D eigenvalue weighted by atomic mass is 9.89. The molecule has 31 heavy (non-hydrogen) atoms. The first-order chi connectivity index (χ1) is 14.4. The fourth-order valence-corrected chi connectivity index (χ4v) is 4.65. The van der Waals surface area contributed by atoms with Crippen LogP contribution in [0.1, 0.15) is 42.9 Å². The Morgan fingerprint density at radius 3 is 2.48 bits per heavy atom. The van der Waals surface area contributed by atoms with Crippen molar-refractivity contribution in [3.05, 3.63) is 63.1 Å². The zero-order valence-electron chi connectivity index (χ0n) is 16.9. The van der Waals surface area contributed by atoms with Gasteiger partial charge in [0.15, 0.2) is 5.60 Å². The van der Waals surface area contributed by atoms with Gasteiger partial charge in [-0.1, -0.05) is 34.4 Å². The van der Waals surface area contributed by atoms with Crippen molar-refractivity contribution >= 4 is 46.5 Å². The number of oxime groups is 1. The van der Waals surface area contributed by atoms with Crippen molar-refractivity contribution in [2.75, 3.05) is 5.75 Å². The minimum Gasteiger partial charge on any atom is -0.384 e. The molecule has 0 saturated heterocycles. The third-order valence-corrected chi connectivity index (χ3v) is 6.59. The van der Waals surface area contributed by atoms with Crippen molar-refractivity contribution < 1.29 is 22.8 Å². The van der Waals surface area contributed by atoms with Gasteiger partial charge in [0.2, 0.25) is 0 Å². The summed E-state index contributed by atoms with van der Waals surface area (Å²) in [5.41, 5.74) is 2.68. The van der Waals surface area contributed by atoms with Crippen molar-refractivity contribution in [2.45, 2.75) is 49.8 Å². The Labute approximate surface area is 192 Å². The molecular weight excluding hydrogens is 470 g/mol. The van der Waals surface area contributed by atoms with Gasteiger partial charge in [-0.15, -0.1) is 11.8 Å². The number of rotatable bonds is 7. The van der Waals surface area contributed by atoms with Gasteiger partial charge >= 0.3 is 6.18 Å². The molecule has 2 aromatic carbocycles. The fourth-order valence-electron chi connectivity index (χ4n) is 3.21. The molecule has 1 aliphatic rings. The van der Waals surface area contributed by atoms with E-state index in [0.717, 1.165) is 27.3 Å². The van der Waals surface area contributed by atoms with Gasteiger partial charge in [-0.05, 0) is 55.3 Å². The molecule has 0 radical (unpaired) electrons. The summed E-state index contributed by atoms with van der Waals surface area (Å²) in [7, 11) is 0. The molecule has 1 unspecified atom stereocenters. The highest BCUT2D eigenvalue weighted by molar-refractivity contribution is 8.00. The number of hydrogen-bond donors (Lipinski definition) is 0. The molecule has 0 aromatic heterocycles. The second-order valence-electron chi connectivity index (χ2n) is 7.62. The van der Waals surface area contributed by atoms with E-state index >= 15 is 0 Å². The number of benzene rings is 2. The second-order valence-corrected chi connectivity index (χ2v) is 9.51. The summed E-state index contributed by atoms with van der Waals surface area (Å²) in [5.74, 6) is -0.413. The Kier molecular flexibility index (Phi) is 7.28. The minimum atomic E-state index is -4.31. The molecule has 0 bridgehead atoms. The highest BCUT2D eigenvalue weighted by Gasteiger charge is 2.37. The molecule has 0 saturated carbocycles. The van der Waals surface area contributed by atoms with Crippen LogP contribution in [-0.2, 0) is 15.2 Å². The van der Waals surface area contributed by atoms with Crippen molar-refractivity contribution in [1.82, 2.24) is 0 Å². The van der Waals surface area contributed by atoms with E-state index in [-0.39, 0.29) is 5.75 Å². The van der Waals surface area contributed by atoms with Gasteiger partial charge in [0, 0.05) is 33.3 Å². The number of aryl methyl sites for hydroxylation is 1. The summed E-state index contributed by atoms with van der Waals surface area (Å²) in [6, 6.07) is 10.9. The lowest BCUT2D eigenvalue weighted by molar-refractivity contribution is -0.142. The van der Waals surface area contributed by atoms with Gasteiger partial charge in [-0.3, -0.25) is 4.79 Å². The maximum atomic E-state index is 12.2. The monoisotopic (exact) mass is 489 g/mol. The van der Waals surface area contributed by atoms with Crippen molar-refractivity contribution in [3.8, 4) is 0 Å². The van der Waals surface area contributed by atoms with Gasteiger partial charge in [0.05, 0.1) is 17.9 Å². The van der Waals surface area contributed by atoms with E-state index in [2.05, 4.69) is 5.16 Å². The number of ketones is 1. The summed E-state index contributed by atoms with van der Waals surface area (Å²) in [6.45, 7) is 3.80. The molecule has 1 aliphatic heterocycles. The standard InChI is InChI=1S/C22H20Cl2F3NO2S/c1-13-7-14(3-4-20(13)31-12-18(29)5-6-22(25,26)27)19-11-21(2,30-28-19)15-8-16(23)10-17(24)9-15/h3-4,7-10H,5-6,11-12H2,1-2H3. The Bertz CT molecular complexity index is 1010. The first kappa shape index (κ1) is 24.0. The van der Waals surface area contributed by atoms with E-state index in [0.29, 0.717) is 16.5 Å². The van der Waals surface area contributed by atoms with Crippen LogP contribution in [0.25, 0.3) is 0 Å². The maximum absolute atomic E-state index is 12.2. The zero-order valence-corrected chi connectivity index (χ0v) is 19.2. The Balaban J connectivity index is 1.64. The largest absolute Gasteiger partial charge is 0.389 e. The summed E-state index contributed by atoms with van der Waals surface area (Å²) < 4.78 is 36.7.